The molecule has 3 amide bonds. The molecule has 1 aliphatic rings. The zero-order valence-corrected chi connectivity index (χ0v) is 15.9. The summed E-state index contributed by atoms with van der Waals surface area (Å²) < 4.78 is 15.2. The third kappa shape index (κ3) is 5.87. The van der Waals surface area contributed by atoms with Crippen molar-refractivity contribution < 1.29 is 28.6 Å². The average molecular weight is 378 g/mol. The van der Waals surface area contributed by atoms with Gasteiger partial charge in [0.2, 0.25) is 0 Å². The van der Waals surface area contributed by atoms with Crippen LogP contribution in [0.25, 0.3) is 0 Å². The Kier molecular flexibility index (Phi) is 7.45. The Morgan fingerprint density at radius 3 is 2.44 bits per heavy atom. The van der Waals surface area contributed by atoms with E-state index in [1.54, 1.807) is 6.07 Å². The number of esters is 1. The minimum absolute atomic E-state index is 0.0564. The number of imide groups is 1. The lowest BCUT2D eigenvalue weighted by Crippen LogP contribution is -2.48. The Labute approximate surface area is 158 Å². The number of methoxy groups -OCH3 is 2. The lowest BCUT2D eigenvalue weighted by Gasteiger charge is -2.29. The molecule has 0 saturated heterocycles. The van der Waals surface area contributed by atoms with Crippen molar-refractivity contribution in [3.63, 3.8) is 0 Å². The first kappa shape index (κ1) is 20.5. The molecule has 1 saturated carbocycles. The summed E-state index contributed by atoms with van der Waals surface area (Å²) in [7, 11) is 2.94. The number of nitrogens with one attached hydrogen (secondary N) is 2. The molecule has 8 nitrogen and oxygen atoms in total. The van der Waals surface area contributed by atoms with Gasteiger partial charge in [0.25, 0.3) is 5.91 Å². The van der Waals surface area contributed by atoms with Crippen molar-refractivity contribution in [2.45, 2.75) is 38.6 Å². The highest BCUT2D eigenvalue weighted by Crippen LogP contribution is 2.27. The Morgan fingerprint density at radius 1 is 1.07 bits per heavy atom. The van der Waals surface area contributed by atoms with Crippen molar-refractivity contribution in [2.75, 3.05) is 20.8 Å². The smallest absolute Gasteiger partial charge is 0.338 e. The van der Waals surface area contributed by atoms with Gasteiger partial charge in [0, 0.05) is 6.04 Å². The van der Waals surface area contributed by atoms with E-state index < -0.39 is 24.5 Å². The minimum atomic E-state index is -0.701. The Hall–Kier alpha value is -2.77. The molecule has 0 radical (unpaired) electrons. The Bertz CT molecular complexity index is 691. The van der Waals surface area contributed by atoms with Crippen molar-refractivity contribution >= 4 is 17.9 Å². The van der Waals surface area contributed by atoms with Crippen molar-refractivity contribution in [1.29, 1.82) is 0 Å². The maximum Gasteiger partial charge on any atom is 0.338 e. The van der Waals surface area contributed by atoms with E-state index in [9.17, 15) is 14.4 Å². The second-order valence-corrected chi connectivity index (χ2v) is 6.54. The highest BCUT2D eigenvalue weighted by molar-refractivity contribution is 5.97. The Balaban J connectivity index is 1.80. The van der Waals surface area contributed by atoms with E-state index in [0.717, 1.165) is 25.7 Å². The number of carbonyl (C=O) groups excluding carboxylic acids is 3. The summed E-state index contributed by atoms with van der Waals surface area (Å²) in [4.78, 5) is 35.8. The molecule has 1 aromatic rings. The second-order valence-electron chi connectivity index (χ2n) is 6.54. The predicted octanol–water partition coefficient (Wildman–Crippen LogP) is 2.27. The standard InChI is InChI=1S/C19H26N2O6/c1-12-6-4-5-7-14(12)20-19(24)21-17(22)11-27-18(23)13-8-9-15(25-2)16(10-13)26-3/h8-10,12,14H,4-7,11H2,1-3H3,(H2,20,21,22,24)/t12-,14-/m0/s1. The first-order chi connectivity index (χ1) is 12.9. The summed E-state index contributed by atoms with van der Waals surface area (Å²) in [6.45, 7) is 1.53. The van der Waals surface area contributed by atoms with Crippen molar-refractivity contribution in [3.05, 3.63) is 23.8 Å². The van der Waals surface area contributed by atoms with E-state index in [-0.39, 0.29) is 11.6 Å². The molecular weight excluding hydrogens is 352 g/mol. The summed E-state index contributed by atoms with van der Waals surface area (Å²) in [6, 6.07) is 4.00. The molecule has 27 heavy (non-hydrogen) atoms. The normalized spacial score (nSPS) is 18.9. The second kappa shape index (κ2) is 9.80. The number of rotatable bonds is 6. The fourth-order valence-corrected chi connectivity index (χ4v) is 3.08. The van der Waals surface area contributed by atoms with E-state index in [4.69, 9.17) is 14.2 Å². The molecule has 8 heteroatoms. The number of benzene rings is 1. The van der Waals surface area contributed by atoms with Crippen LogP contribution in [0, 0.1) is 5.92 Å². The fraction of sp³-hybridized carbons (Fsp3) is 0.526. The maximum absolute atomic E-state index is 12.1. The molecule has 1 fully saturated rings. The number of carbonyl (C=O) groups is 3. The van der Waals surface area contributed by atoms with Crippen molar-refractivity contribution in [2.24, 2.45) is 5.92 Å². The van der Waals surface area contributed by atoms with E-state index in [0.29, 0.717) is 17.4 Å². The van der Waals surface area contributed by atoms with Crippen molar-refractivity contribution in [1.82, 2.24) is 10.6 Å². The zero-order valence-electron chi connectivity index (χ0n) is 15.9. The third-order valence-electron chi connectivity index (χ3n) is 4.63. The largest absolute Gasteiger partial charge is 0.493 e. The lowest BCUT2D eigenvalue weighted by molar-refractivity contribution is -0.123. The fourth-order valence-electron chi connectivity index (χ4n) is 3.08. The van der Waals surface area contributed by atoms with Gasteiger partial charge in [0.1, 0.15) is 0 Å². The number of hydrogen-bond acceptors (Lipinski definition) is 6. The third-order valence-corrected chi connectivity index (χ3v) is 4.63. The van der Waals surface area contributed by atoms with Gasteiger partial charge in [0.05, 0.1) is 19.8 Å². The summed E-state index contributed by atoms with van der Waals surface area (Å²) in [5.41, 5.74) is 0.209. The molecule has 148 valence electrons. The van der Waals surface area contributed by atoms with Gasteiger partial charge in [0.15, 0.2) is 18.1 Å². The average Bonchev–Trinajstić information content (AvgIpc) is 2.67. The highest BCUT2D eigenvalue weighted by Gasteiger charge is 2.23. The summed E-state index contributed by atoms with van der Waals surface area (Å²) >= 11 is 0. The monoisotopic (exact) mass is 378 g/mol. The molecule has 0 spiro atoms. The molecule has 2 rings (SSSR count). The van der Waals surface area contributed by atoms with Gasteiger partial charge in [-0.2, -0.15) is 0 Å². The molecule has 1 aliphatic carbocycles. The summed E-state index contributed by atoms with van der Waals surface area (Å²) in [5, 5.41) is 4.99. The van der Waals surface area contributed by atoms with Crippen LogP contribution >= 0.6 is 0 Å². The number of urea groups is 1. The number of hydrogen-bond donors (Lipinski definition) is 2. The van der Waals surface area contributed by atoms with E-state index in [1.807, 2.05) is 0 Å². The molecule has 2 atom stereocenters. The van der Waals surface area contributed by atoms with Crippen LogP contribution in [0.5, 0.6) is 11.5 Å². The van der Waals surface area contributed by atoms with Gasteiger partial charge in [-0.1, -0.05) is 19.8 Å². The zero-order chi connectivity index (χ0) is 19.8. The topological polar surface area (TPSA) is 103 Å². The lowest BCUT2D eigenvalue weighted by atomic mass is 9.86. The summed E-state index contributed by atoms with van der Waals surface area (Å²) in [5.74, 6) is -0.169. The number of ether oxygens (including phenoxy) is 3. The van der Waals surface area contributed by atoms with Gasteiger partial charge in [-0.3, -0.25) is 10.1 Å². The molecule has 2 N–H and O–H groups in total. The number of amides is 3. The predicted molar refractivity (Wildman–Crippen MR) is 97.9 cm³/mol. The van der Waals surface area contributed by atoms with Crippen LogP contribution in [-0.2, 0) is 9.53 Å². The molecule has 0 aromatic heterocycles. The van der Waals surface area contributed by atoms with E-state index in [1.165, 1.54) is 26.4 Å². The molecule has 1 aromatic carbocycles. The van der Waals surface area contributed by atoms with Crippen LogP contribution in [0.1, 0.15) is 43.0 Å². The van der Waals surface area contributed by atoms with Gasteiger partial charge in [-0.25, -0.2) is 9.59 Å². The van der Waals surface area contributed by atoms with E-state index >= 15 is 0 Å². The van der Waals surface area contributed by atoms with Gasteiger partial charge in [-0.15, -0.1) is 0 Å². The molecule has 0 unspecified atom stereocenters. The van der Waals surface area contributed by atoms with Gasteiger partial charge < -0.3 is 19.5 Å². The van der Waals surface area contributed by atoms with Crippen LogP contribution in [0.15, 0.2) is 18.2 Å². The summed E-state index contributed by atoms with van der Waals surface area (Å²) in [6.07, 6.45) is 4.18. The molecule has 0 aliphatic heterocycles. The minimum Gasteiger partial charge on any atom is -0.493 e. The van der Waals surface area contributed by atoms with Gasteiger partial charge in [-0.05, 0) is 37.0 Å². The SMILES string of the molecule is COc1ccc(C(=O)OCC(=O)NC(=O)N[C@H]2CCCC[C@@H]2C)cc1OC. The first-order valence-corrected chi connectivity index (χ1v) is 8.94. The van der Waals surface area contributed by atoms with Crippen LogP contribution in [0.4, 0.5) is 4.79 Å². The van der Waals surface area contributed by atoms with E-state index in [2.05, 4.69) is 17.6 Å². The van der Waals surface area contributed by atoms with Crippen molar-refractivity contribution in [3.8, 4) is 11.5 Å². The van der Waals surface area contributed by atoms with Gasteiger partial charge >= 0.3 is 12.0 Å². The van der Waals surface area contributed by atoms with Crippen LogP contribution in [0.3, 0.4) is 0 Å². The first-order valence-electron chi connectivity index (χ1n) is 8.94. The molecule has 0 heterocycles. The molecular formula is C19H26N2O6. The Morgan fingerprint density at radius 2 is 1.78 bits per heavy atom. The molecule has 0 bridgehead atoms. The van der Waals surface area contributed by atoms with Crippen LogP contribution < -0.4 is 20.1 Å². The van der Waals surface area contributed by atoms with Crippen LogP contribution in [-0.4, -0.2) is 44.8 Å². The maximum atomic E-state index is 12.1. The van der Waals surface area contributed by atoms with Crippen LogP contribution in [0.2, 0.25) is 0 Å². The quantitative estimate of drug-likeness (QED) is 0.736. The highest BCUT2D eigenvalue weighted by atomic mass is 16.5.